The first-order valence-electron chi connectivity index (χ1n) is 16.0. The molecule has 0 amide bonds. The van der Waals surface area contributed by atoms with Crippen molar-refractivity contribution in [1.82, 2.24) is 0 Å². The maximum absolute atomic E-state index is 15.3. The van der Waals surface area contributed by atoms with Crippen LogP contribution >= 0.6 is 0 Å². The molecule has 0 saturated heterocycles. The van der Waals surface area contributed by atoms with Gasteiger partial charge in [-0.2, -0.15) is 8.78 Å². The second kappa shape index (κ2) is 14.9. The summed E-state index contributed by atoms with van der Waals surface area (Å²) in [4.78, 5) is 0. The van der Waals surface area contributed by atoms with Crippen molar-refractivity contribution in [2.45, 2.75) is 76.7 Å². The van der Waals surface area contributed by atoms with Crippen LogP contribution in [0.4, 0.5) is 48.3 Å². The Kier molecular flexibility index (Phi) is 11.0. The van der Waals surface area contributed by atoms with Crippen LogP contribution < -0.4 is 9.47 Å². The number of alkyl halides is 5. The van der Waals surface area contributed by atoms with Crippen LogP contribution in [0.5, 0.6) is 11.5 Å². The molecule has 5 rings (SSSR count). The zero-order valence-corrected chi connectivity index (χ0v) is 26.6. The van der Waals surface area contributed by atoms with Gasteiger partial charge in [0.25, 0.3) is 0 Å². The van der Waals surface area contributed by atoms with Crippen LogP contribution in [0.15, 0.2) is 60.7 Å². The fraction of sp³-hybridized carbons (Fsp3) is 0.351. The van der Waals surface area contributed by atoms with Crippen LogP contribution in [0.1, 0.15) is 75.3 Å². The topological polar surface area (TPSA) is 18.5 Å². The van der Waals surface area contributed by atoms with E-state index in [4.69, 9.17) is 0 Å². The molecule has 1 aliphatic carbocycles. The van der Waals surface area contributed by atoms with E-state index in [2.05, 4.69) is 16.4 Å². The van der Waals surface area contributed by atoms with E-state index in [1.165, 1.54) is 0 Å². The molecule has 0 heterocycles. The smallest absolute Gasteiger partial charge is 0.429 e. The lowest BCUT2D eigenvalue weighted by molar-refractivity contribution is -0.275. The Morgan fingerprint density at radius 3 is 1.80 bits per heavy atom. The second-order valence-electron chi connectivity index (χ2n) is 12.3. The third-order valence-electron chi connectivity index (χ3n) is 8.88. The van der Waals surface area contributed by atoms with Gasteiger partial charge in [0.15, 0.2) is 11.6 Å². The number of unbranched alkanes of at least 4 members (excludes halogenated alkanes) is 2. The maximum Gasteiger partial charge on any atom is 0.573 e. The lowest BCUT2D eigenvalue weighted by atomic mass is 9.76. The molecule has 0 aromatic heterocycles. The number of halogens is 11. The molecule has 1 aliphatic rings. The predicted octanol–water partition coefficient (Wildman–Crippen LogP) is 12.7. The van der Waals surface area contributed by atoms with Gasteiger partial charge >= 0.3 is 12.5 Å². The van der Waals surface area contributed by atoms with Crippen molar-refractivity contribution in [3.8, 4) is 33.8 Å². The Hall–Kier alpha value is -4.29. The van der Waals surface area contributed by atoms with Crippen LogP contribution in [-0.2, 0) is 6.11 Å². The fourth-order valence-corrected chi connectivity index (χ4v) is 6.44. The van der Waals surface area contributed by atoms with E-state index in [0.29, 0.717) is 41.8 Å². The van der Waals surface area contributed by atoms with Gasteiger partial charge < -0.3 is 9.47 Å². The van der Waals surface area contributed by atoms with Crippen LogP contribution in [-0.4, -0.2) is 6.36 Å². The molecular weight excluding hydrogens is 685 g/mol. The summed E-state index contributed by atoms with van der Waals surface area (Å²) >= 11 is 0. The molecular formula is C37H31F11O2. The van der Waals surface area contributed by atoms with Crippen molar-refractivity contribution in [3.05, 3.63) is 107 Å². The van der Waals surface area contributed by atoms with E-state index >= 15 is 26.3 Å². The molecule has 0 spiro atoms. The van der Waals surface area contributed by atoms with Crippen molar-refractivity contribution in [2.24, 2.45) is 5.92 Å². The molecule has 0 atom stereocenters. The van der Waals surface area contributed by atoms with Crippen LogP contribution in [0.3, 0.4) is 0 Å². The van der Waals surface area contributed by atoms with Crippen molar-refractivity contribution < 1.29 is 57.8 Å². The standard InChI is InChI=1S/C37H31F11O2/c1-2-3-4-5-20-6-8-21(9-7-20)23-15-29(40)34(30(41)16-23)24-17-31(42)35(32(43)18-24)36(44,45)49-25-11-12-26(27(38)19-25)22-10-13-33(28(39)14-22)50-37(46,47)48/h10-21H,2-9H2,1H3. The summed E-state index contributed by atoms with van der Waals surface area (Å²) < 4.78 is 165. The summed E-state index contributed by atoms with van der Waals surface area (Å²) in [7, 11) is 0. The number of benzene rings is 4. The molecule has 268 valence electrons. The van der Waals surface area contributed by atoms with Crippen molar-refractivity contribution >= 4 is 0 Å². The highest BCUT2D eigenvalue weighted by molar-refractivity contribution is 5.67. The third kappa shape index (κ3) is 8.53. The number of rotatable bonds is 11. The highest BCUT2D eigenvalue weighted by Crippen LogP contribution is 2.42. The van der Waals surface area contributed by atoms with Crippen molar-refractivity contribution in [3.63, 3.8) is 0 Å². The summed E-state index contributed by atoms with van der Waals surface area (Å²) in [5.74, 6) is -10.5. The SMILES string of the molecule is CCCCCC1CCC(c2cc(F)c(-c3cc(F)c(C(F)(F)Oc4ccc(-c5ccc(OC(F)(F)F)c(F)c5)c(F)c4)c(F)c3)c(F)c2)CC1. The molecule has 0 radical (unpaired) electrons. The van der Waals surface area contributed by atoms with E-state index < -0.39 is 81.1 Å². The Labute approximate surface area is 280 Å². The third-order valence-corrected chi connectivity index (χ3v) is 8.88. The fourth-order valence-electron chi connectivity index (χ4n) is 6.44. The normalized spacial score (nSPS) is 16.8. The van der Waals surface area contributed by atoms with Crippen molar-refractivity contribution in [1.29, 1.82) is 0 Å². The molecule has 1 fully saturated rings. The molecule has 4 aromatic carbocycles. The van der Waals surface area contributed by atoms with E-state index in [0.717, 1.165) is 81.7 Å². The molecule has 0 aliphatic heterocycles. The number of hydrogen-bond donors (Lipinski definition) is 0. The summed E-state index contributed by atoms with van der Waals surface area (Å²) in [6.07, 6.45) is -2.14. The van der Waals surface area contributed by atoms with Gasteiger partial charge in [-0.15, -0.1) is 13.2 Å². The van der Waals surface area contributed by atoms with Crippen molar-refractivity contribution in [2.75, 3.05) is 0 Å². The summed E-state index contributed by atoms with van der Waals surface area (Å²) in [5, 5.41) is 0. The molecule has 4 aromatic rings. The van der Waals surface area contributed by atoms with Gasteiger partial charge in [-0.05, 0) is 103 Å². The zero-order chi connectivity index (χ0) is 36.4. The largest absolute Gasteiger partial charge is 0.573 e. The lowest BCUT2D eigenvalue weighted by Crippen LogP contribution is -2.25. The first-order valence-corrected chi connectivity index (χ1v) is 16.0. The summed E-state index contributed by atoms with van der Waals surface area (Å²) in [6.45, 7) is 2.13. The zero-order valence-electron chi connectivity index (χ0n) is 26.6. The van der Waals surface area contributed by atoms with Gasteiger partial charge in [-0.1, -0.05) is 38.7 Å². The number of hydrogen-bond acceptors (Lipinski definition) is 2. The minimum atomic E-state index is -5.19. The highest BCUT2D eigenvalue weighted by atomic mass is 19.4. The van der Waals surface area contributed by atoms with Gasteiger partial charge in [0.2, 0.25) is 0 Å². The first kappa shape index (κ1) is 37.0. The van der Waals surface area contributed by atoms with Gasteiger partial charge in [-0.3, -0.25) is 0 Å². The van der Waals surface area contributed by atoms with Crippen LogP contribution in [0.25, 0.3) is 22.3 Å². The Morgan fingerprint density at radius 2 is 1.24 bits per heavy atom. The Balaban J connectivity index is 1.32. The van der Waals surface area contributed by atoms with Crippen LogP contribution in [0, 0.1) is 40.8 Å². The molecule has 13 heteroatoms. The Morgan fingerprint density at radius 1 is 0.620 bits per heavy atom. The van der Waals surface area contributed by atoms with Gasteiger partial charge in [0.05, 0.1) is 5.56 Å². The predicted molar refractivity (Wildman–Crippen MR) is 164 cm³/mol. The van der Waals surface area contributed by atoms with Gasteiger partial charge in [0.1, 0.15) is 40.4 Å². The van der Waals surface area contributed by atoms with E-state index in [1.807, 2.05) is 0 Å². The number of ether oxygens (including phenoxy) is 2. The monoisotopic (exact) mass is 716 g/mol. The summed E-state index contributed by atoms with van der Waals surface area (Å²) in [5.41, 5.74) is -3.72. The molecule has 0 bridgehead atoms. The molecule has 1 saturated carbocycles. The maximum atomic E-state index is 15.3. The highest BCUT2D eigenvalue weighted by Gasteiger charge is 2.42. The second-order valence-corrected chi connectivity index (χ2v) is 12.3. The van der Waals surface area contributed by atoms with E-state index in [1.54, 1.807) is 0 Å². The molecule has 2 nitrogen and oxygen atoms in total. The Bertz CT molecular complexity index is 1780. The molecule has 0 N–H and O–H groups in total. The van der Waals surface area contributed by atoms with Gasteiger partial charge in [0, 0.05) is 11.6 Å². The lowest BCUT2D eigenvalue weighted by Gasteiger charge is -2.29. The average Bonchev–Trinajstić information content (AvgIpc) is 3.01. The average molecular weight is 717 g/mol. The van der Waals surface area contributed by atoms with Gasteiger partial charge in [-0.25, -0.2) is 26.3 Å². The first-order chi connectivity index (χ1) is 23.6. The molecule has 0 unspecified atom stereocenters. The minimum absolute atomic E-state index is 0.0966. The quantitative estimate of drug-likeness (QED) is 0.114. The minimum Gasteiger partial charge on any atom is -0.429 e. The van der Waals surface area contributed by atoms with Crippen LogP contribution in [0.2, 0.25) is 0 Å². The van der Waals surface area contributed by atoms with E-state index in [9.17, 15) is 22.0 Å². The molecule has 50 heavy (non-hydrogen) atoms. The van der Waals surface area contributed by atoms with E-state index in [-0.39, 0.29) is 11.5 Å². The summed E-state index contributed by atoms with van der Waals surface area (Å²) in [6, 6.07) is 6.80.